The average molecular weight is 196 g/mol. The van der Waals surface area contributed by atoms with Gasteiger partial charge < -0.3 is 9.64 Å². The minimum atomic E-state index is 0.455. The maximum Gasteiger partial charge on any atom is 0.0702 e. The number of nitriles is 1. The van der Waals surface area contributed by atoms with Gasteiger partial charge in [0.05, 0.1) is 12.2 Å². The highest BCUT2D eigenvalue weighted by atomic mass is 16.5. The number of likely N-dealkylation sites (N-methyl/N-ethyl adjacent to an activating group) is 1. The summed E-state index contributed by atoms with van der Waals surface area (Å²) in [6.07, 6.45) is 5.71. The molecule has 1 aliphatic heterocycles. The molecular formula is C11H20N2O. The third-order valence-electron chi connectivity index (χ3n) is 2.62. The maximum absolute atomic E-state index is 8.38. The lowest BCUT2D eigenvalue weighted by Crippen LogP contribution is -2.29. The molecule has 0 aromatic rings. The summed E-state index contributed by atoms with van der Waals surface area (Å²) in [6, 6.07) is 2.17. The van der Waals surface area contributed by atoms with Gasteiger partial charge >= 0.3 is 0 Å². The Kier molecular flexibility index (Phi) is 5.58. The second-order valence-corrected chi connectivity index (χ2v) is 4.01. The topological polar surface area (TPSA) is 36.3 Å². The molecule has 1 rings (SSSR count). The van der Waals surface area contributed by atoms with Crippen LogP contribution in [0.25, 0.3) is 0 Å². The van der Waals surface area contributed by atoms with E-state index < -0.39 is 0 Å². The van der Waals surface area contributed by atoms with E-state index in [2.05, 4.69) is 18.0 Å². The van der Waals surface area contributed by atoms with E-state index in [0.717, 1.165) is 32.5 Å². The number of nitrogens with zero attached hydrogens (tertiary/aromatic N) is 2. The molecule has 0 saturated carbocycles. The number of rotatable bonds is 6. The summed E-state index contributed by atoms with van der Waals surface area (Å²) >= 11 is 0. The molecule has 0 N–H and O–H groups in total. The van der Waals surface area contributed by atoms with Gasteiger partial charge in [0.1, 0.15) is 0 Å². The molecule has 0 aromatic carbocycles. The lowest BCUT2D eigenvalue weighted by atomic mass is 10.2. The van der Waals surface area contributed by atoms with Crippen LogP contribution in [-0.4, -0.2) is 37.7 Å². The van der Waals surface area contributed by atoms with E-state index in [-0.39, 0.29) is 0 Å². The fourth-order valence-electron chi connectivity index (χ4n) is 1.81. The maximum atomic E-state index is 8.38. The van der Waals surface area contributed by atoms with Gasteiger partial charge in [-0.25, -0.2) is 0 Å². The van der Waals surface area contributed by atoms with E-state index in [0.29, 0.717) is 12.5 Å². The molecule has 1 heterocycles. The van der Waals surface area contributed by atoms with Gasteiger partial charge in [-0.2, -0.15) is 5.26 Å². The summed E-state index contributed by atoms with van der Waals surface area (Å²) in [5, 5.41) is 8.38. The van der Waals surface area contributed by atoms with Crippen molar-refractivity contribution in [2.24, 2.45) is 0 Å². The van der Waals surface area contributed by atoms with Crippen LogP contribution >= 0.6 is 0 Å². The van der Waals surface area contributed by atoms with Crippen molar-refractivity contribution in [3.63, 3.8) is 0 Å². The van der Waals surface area contributed by atoms with Gasteiger partial charge in [-0.3, -0.25) is 0 Å². The first-order chi connectivity index (χ1) is 6.83. The summed E-state index contributed by atoms with van der Waals surface area (Å²) < 4.78 is 5.56. The molecule has 80 valence electrons. The fraction of sp³-hybridized carbons (Fsp3) is 0.909. The molecule has 0 radical (unpaired) electrons. The largest absolute Gasteiger partial charge is 0.377 e. The summed E-state index contributed by atoms with van der Waals surface area (Å²) in [5.41, 5.74) is 0. The van der Waals surface area contributed by atoms with Crippen LogP contribution in [0.5, 0.6) is 0 Å². The van der Waals surface area contributed by atoms with Crippen LogP contribution in [0.1, 0.15) is 32.1 Å². The molecule has 3 heteroatoms. The molecule has 0 spiro atoms. The fourth-order valence-corrected chi connectivity index (χ4v) is 1.81. The SMILES string of the molecule is CN(CCCCC#N)CC1CCCO1. The van der Waals surface area contributed by atoms with Crippen molar-refractivity contribution < 1.29 is 4.74 Å². The van der Waals surface area contributed by atoms with Gasteiger partial charge in [0.2, 0.25) is 0 Å². The summed E-state index contributed by atoms with van der Waals surface area (Å²) in [6.45, 7) is 3.07. The zero-order valence-corrected chi connectivity index (χ0v) is 9.04. The standard InChI is InChI=1S/C11H20N2O/c1-13(8-4-2-3-7-12)10-11-6-5-9-14-11/h11H,2-6,8-10H2,1H3. The Balaban J connectivity index is 1.98. The van der Waals surface area contributed by atoms with E-state index in [1.165, 1.54) is 12.8 Å². The minimum Gasteiger partial charge on any atom is -0.377 e. The minimum absolute atomic E-state index is 0.455. The first-order valence-corrected chi connectivity index (χ1v) is 5.50. The Morgan fingerprint density at radius 2 is 2.36 bits per heavy atom. The molecule has 0 bridgehead atoms. The van der Waals surface area contributed by atoms with Gasteiger partial charge in [-0.15, -0.1) is 0 Å². The zero-order chi connectivity index (χ0) is 10.2. The number of hydrogen-bond donors (Lipinski definition) is 0. The molecule has 1 saturated heterocycles. The molecule has 1 unspecified atom stereocenters. The van der Waals surface area contributed by atoms with E-state index >= 15 is 0 Å². The van der Waals surface area contributed by atoms with Crippen molar-refractivity contribution in [1.29, 1.82) is 5.26 Å². The molecule has 0 aromatic heterocycles. The summed E-state index contributed by atoms with van der Waals surface area (Å²) in [5.74, 6) is 0. The smallest absolute Gasteiger partial charge is 0.0702 e. The van der Waals surface area contributed by atoms with Crippen LogP contribution in [0.2, 0.25) is 0 Å². The van der Waals surface area contributed by atoms with Gasteiger partial charge in [0, 0.05) is 19.6 Å². The van der Waals surface area contributed by atoms with E-state index in [9.17, 15) is 0 Å². The van der Waals surface area contributed by atoms with Gasteiger partial charge in [-0.1, -0.05) is 0 Å². The molecule has 1 aliphatic rings. The lowest BCUT2D eigenvalue weighted by molar-refractivity contribution is 0.0808. The van der Waals surface area contributed by atoms with Crippen LogP contribution < -0.4 is 0 Å². The predicted octanol–water partition coefficient (Wildman–Crippen LogP) is 1.79. The van der Waals surface area contributed by atoms with Gasteiger partial charge in [-0.05, 0) is 39.3 Å². The van der Waals surface area contributed by atoms with Crippen LogP contribution in [0.3, 0.4) is 0 Å². The van der Waals surface area contributed by atoms with Gasteiger partial charge in [0.15, 0.2) is 0 Å². The van der Waals surface area contributed by atoms with Crippen molar-refractivity contribution in [1.82, 2.24) is 4.90 Å². The van der Waals surface area contributed by atoms with Crippen LogP contribution in [-0.2, 0) is 4.74 Å². The van der Waals surface area contributed by atoms with E-state index in [1.54, 1.807) is 0 Å². The van der Waals surface area contributed by atoms with Crippen molar-refractivity contribution in [3.8, 4) is 6.07 Å². The average Bonchev–Trinajstić information content (AvgIpc) is 2.65. The van der Waals surface area contributed by atoms with Crippen molar-refractivity contribution in [2.75, 3.05) is 26.7 Å². The highest BCUT2D eigenvalue weighted by molar-refractivity contribution is 4.70. The third-order valence-corrected chi connectivity index (χ3v) is 2.62. The Labute approximate surface area is 86.6 Å². The quantitative estimate of drug-likeness (QED) is 0.608. The number of unbranched alkanes of at least 4 members (excludes halogenated alkanes) is 2. The predicted molar refractivity (Wildman–Crippen MR) is 55.9 cm³/mol. The molecule has 0 aliphatic carbocycles. The van der Waals surface area contributed by atoms with E-state index in [1.807, 2.05) is 0 Å². The first kappa shape index (κ1) is 11.5. The van der Waals surface area contributed by atoms with Crippen LogP contribution in [0.15, 0.2) is 0 Å². The second-order valence-electron chi connectivity index (χ2n) is 4.01. The van der Waals surface area contributed by atoms with E-state index in [4.69, 9.17) is 10.00 Å². The first-order valence-electron chi connectivity index (χ1n) is 5.50. The Hall–Kier alpha value is -0.590. The zero-order valence-electron chi connectivity index (χ0n) is 9.04. The molecule has 0 amide bonds. The molecule has 14 heavy (non-hydrogen) atoms. The third kappa shape index (κ3) is 4.59. The second kappa shape index (κ2) is 6.80. The van der Waals surface area contributed by atoms with Crippen molar-refractivity contribution in [3.05, 3.63) is 0 Å². The Morgan fingerprint density at radius 3 is 3.00 bits per heavy atom. The Morgan fingerprint density at radius 1 is 1.50 bits per heavy atom. The molecule has 1 atom stereocenters. The molecular weight excluding hydrogens is 176 g/mol. The normalized spacial score (nSPS) is 21.4. The van der Waals surface area contributed by atoms with Gasteiger partial charge in [0.25, 0.3) is 0 Å². The highest BCUT2D eigenvalue weighted by Gasteiger charge is 2.16. The summed E-state index contributed by atoms with van der Waals surface area (Å²) in [4.78, 5) is 2.31. The Bertz CT molecular complexity index is 182. The number of ether oxygens (including phenoxy) is 1. The number of hydrogen-bond acceptors (Lipinski definition) is 3. The molecule has 3 nitrogen and oxygen atoms in total. The summed E-state index contributed by atoms with van der Waals surface area (Å²) in [7, 11) is 2.13. The monoisotopic (exact) mass is 196 g/mol. The lowest BCUT2D eigenvalue weighted by Gasteiger charge is -2.19. The van der Waals surface area contributed by atoms with Crippen molar-refractivity contribution >= 4 is 0 Å². The van der Waals surface area contributed by atoms with Crippen LogP contribution in [0.4, 0.5) is 0 Å². The van der Waals surface area contributed by atoms with Crippen LogP contribution in [0, 0.1) is 11.3 Å². The highest BCUT2D eigenvalue weighted by Crippen LogP contribution is 2.12. The molecule has 1 fully saturated rings. The van der Waals surface area contributed by atoms with Crippen molar-refractivity contribution in [2.45, 2.75) is 38.2 Å².